The van der Waals surface area contributed by atoms with Crippen LogP contribution in [-0.4, -0.2) is 24.0 Å². The van der Waals surface area contributed by atoms with Gasteiger partial charge in [0.1, 0.15) is 0 Å². The molecule has 0 amide bonds. The largest absolute Gasteiger partial charge is 0.370 e. The second-order valence-electron chi connectivity index (χ2n) is 3.05. The molecule has 0 aliphatic heterocycles. The van der Waals surface area contributed by atoms with Crippen LogP contribution in [0.1, 0.15) is 12.6 Å². The zero-order chi connectivity index (χ0) is 12.5. The molecule has 94 valence electrons. The SMILES string of the molecule is CCN=C(N)Nc1nc(CS/C=C/CN)cs1. The van der Waals surface area contributed by atoms with E-state index in [-0.39, 0.29) is 0 Å². The molecule has 0 unspecified atom stereocenters. The van der Waals surface area contributed by atoms with Crippen molar-refractivity contribution in [1.29, 1.82) is 0 Å². The van der Waals surface area contributed by atoms with E-state index < -0.39 is 0 Å². The van der Waals surface area contributed by atoms with E-state index >= 15 is 0 Å². The summed E-state index contributed by atoms with van der Waals surface area (Å²) in [5.74, 6) is 1.24. The lowest BCUT2D eigenvalue weighted by atomic mass is 10.6. The molecule has 0 fully saturated rings. The maximum Gasteiger partial charge on any atom is 0.194 e. The number of thioether (sulfide) groups is 1. The number of rotatable bonds is 6. The fraction of sp³-hybridized carbons (Fsp3) is 0.400. The van der Waals surface area contributed by atoms with Crippen molar-refractivity contribution in [3.05, 3.63) is 22.6 Å². The predicted octanol–water partition coefficient (Wildman–Crippen LogP) is 1.60. The Morgan fingerprint density at radius 1 is 1.71 bits per heavy atom. The van der Waals surface area contributed by atoms with Crippen LogP contribution in [0.3, 0.4) is 0 Å². The van der Waals surface area contributed by atoms with Crippen molar-refractivity contribution in [3.63, 3.8) is 0 Å². The zero-order valence-electron chi connectivity index (χ0n) is 9.72. The van der Waals surface area contributed by atoms with Gasteiger partial charge in [0.05, 0.1) is 5.69 Å². The third kappa shape index (κ3) is 5.71. The number of aromatic nitrogens is 1. The maximum atomic E-state index is 5.64. The Balaban J connectivity index is 2.42. The quantitative estimate of drug-likeness (QED) is 0.540. The van der Waals surface area contributed by atoms with Crippen LogP contribution in [0, 0.1) is 0 Å². The fourth-order valence-electron chi connectivity index (χ4n) is 1.01. The Kier molecular flexibility index (Phi) is 6.68. The Labute approximate surface area is 109 Å². The molecule has 0 radical (unpaired) electrons. The van der Waals surface area contributed by atoms with Crippen molar-refractivity contribution in [2.45, 2.75) is 12.7 Å². The predicted molar refractivity (Wildman–Crippen MR) is 77.4 cm³/mol. The molecule has 0 atom stereocenters. The second-order valence-corrected chi connectivity index (χ2v) is 4.80. The summed E-state index contributed by atoms with van der Waals surface area (Å²) in [7, 11) is 0. The molecule has 0 saturated heterocycles. The van der Waals surface area contributed by atoms with Gasteiger partial charge >= 0.3 is 0 Å². The number of nitrogens with two attached hydrogens (primary N) is 2. The van der Waals surface area contributed by atoms with Gasteiger partial charge in [-0.2, -0.15) is 0 Å². The first-order chi connectivity index (χ1) is 8.26. The highest BCUT2D eigenvalue weighted by Crippen LogP contribution is 2.19. The number of nitrogens with one attached hydrogen (secondary N) is 1. The second kappa shape index (κ2) is 8.10. The molecule has 0 aliphatic rings. The Hall–Kier alpha value is -1.05. The minimum atomic E-state index is 0.407. The van der Waals surface area contributed by atoms with E-state index in [4.69, 9.17) is 11.5 Å². The highest BCUT2D eigenvalue weighted by atomic mass is 32.2. The normalized spacial score (nSPS) is 12.2. The van der Waals surface area contributed by atoms with Crippen LogP contribution in [-0.2, 0) is 5.75 Å². The zero-order valence-corrected chi connectivity index (χ0v) is 11.4. The van der Waals surface area contributed by atoms with Crippen LogP contribution < -0.4 is 16.8 Å². The summed E-state index contributed by atoms with van der Waals surface area (Å²) in [6.45, 7) is 3.17. The monoisotopic (exact) mass is 271 g/mol. The molecule has 7 heteroatoms. The summed E-state index contributed by atoms with van der Waals surface area (Å²) in [5.41, 5.74) is 12.0. The topological polar surface area (TPSA) is 89.3 Å². The fourth-order valence-corrected chi connectivity index (χ4v) is 2.49. The summed E-state index contributed by atoms with van der Waals surface area (Å²) < 4.78 is 0. The van der Waals surface area contributed by atoms with E-state index in [0.29, 0.717) is 19.0 Å². The first kappa shape index (κ1) is 14.0. The van der Waals surface area contributed by atoms with Crippen molar-refractivity contribution >= 4 is 34.2 Å². The minimum absolute atomic E-state index is 0.407. The molecule has 17 heavy (non-hydrogen) atoms. The van der Waals surface area contributed by atoms with Crippen molar-refractivity contribution in [1.82, 2.24) is 4.98 Å². The molecule has 0 aromatic carbocycles. The third-order valence-corrected chi connectivity index (χ3v) is 3.33. The number of thiazole rings is 1. The lowest BCUT2D eigenvalue weighted by Gasteiger charge is -1.99. The molecule has 0 saturated carbocycles. The number of guanidine groups is 1. The van der Waals surface area contributed by atoms with Crippen molar-refractivity contribution in [3.8, 4) is 0 Å². The molecule has 5 N–H and O–H groups in total. The average Bonchev–Trinajstić information content (AvgIpc) is 2.72. The van der Waals surface area contributed by atoms with Crippen LogP contribution in [0.5, 0.6) is 0 Å². The van der Waals surface area contributed by atoms with Gasteiger partial charge in [-0.1, -0.05) is 6.08 Å². The molecular weight excluding hydrogens is 254 g/mol. The summed E-state index contributed by atoms with van der Waals surface area (Å²) in [6, 6.07) is 0. The van der Waals surface area contributed by atoms with E-state index in [2.05, 4.69) is 15.3 Å². The molecule has 1 aromatic rings. The smallest absolute Gasteiger partial charge is 0.194 e. The van der Waals surface area contributed by atoms with E-state index in [0.717, 1.165) is 16.6 Å². The van der Waals surface area contributed by atoms with Gasteiger partial charge < -0.3 is 16.8 Å². The minimum Gasteiger partial charge on any atom is -0.370 e. The standard InChI is InChI=1S/C10H17N5S2/c1-2-13-9(12)15-10-14-8(7-17-10)6-16-5-3-4-11/h3,5,7H,2,4,6,11H2,1H3,(H3,12,13,14,15)/b5-3+. The van der Waals surface area contributed by atoms with Crippen LogP contribution in [0.15, 0.2) is 21.9 Å². The molecule has 1 rings (SSSR count). The van der Waals surface area contributed by atoms with Gasteiger partial charge in [0.15, 0.2) is 11.1 Å². The highest BCUT2D eigenvalue weighted by Gasteiger charge is 2.02. The maximum absolute atomic E-state index is 5.64. The van der Waals surface area contributed by atoms with Crippen LogP contribution in [0.4, 0.5) is 5.13 Å². The van der Waals surface area contributed by atoms with Gasteiger partial charge in [0.25, 0.3) is 0 Å². The molecule has 0 bridgehead atoms. The van der Waals surface area contributed by atoms with Crippen molar-refractivity contribution in [2.75, 3.05) is 18.4 Å². The van der Waals surface area contributed by atoms with Crippen LogP contribution in [0.25, 0.3) is 0 Å². The van der Waals surface area contributed by atoms with Crippen LogP contribution >= 0.6 is 23.1 Å². The number of anilines is 1. The van der Waals surface area contributed by atoms with Crippen molar-refractivity contribution in [2.24, 2.45) is 16.5 Å². The number of nitrogens with zero attached hydrogens (tertiary/aromatic N) is 2. The summed E-state index contributed by atoms with van der Waals surface area (Å²) in [5, 5.41) is 7.72. The number of hydrogen-bond donors (Lipinski definition) is 3. The van der Waals surface area contributed by atoms with E-state index in [1.807, 2.05) is 23.8 Å². The Morgan fingerprint density at radius 2 is 2.53 bits per heavy atom. The highest BCUT2D eigenvalue weighted by molar-refractivity contribution is 8.01. The third-order valence-electron chi connectivity index (χ3n) is 1.67. The number of hydrogen-bond acceptors (Lipinski definition) is 5. The van der Waals surface area contributed by atoms with Gasteiger partial charge in [0, 0.05) is 24.2 Å². The van der Waals surface area contributed by atoms with Gasteiger partial charge in [0.2, 0.25) is 0 Å². The average molecular weight is 271 g/mol. The van der Waals surface area contributed by atoms with Crippen LogP contribution in [0.2, 0.25) is 0 Å². The lowest BCUT2D eigenvalue weighted by molar-refractivity contribution is 1.12. The van der Waals surface area contributed by atoms with E-state index in [1.165, 1.54) is 11.3 Å². The molecule has 0 aliphatic carbocycles. The molecule has 1 heterocycles. The van der Waals surface area contributed by atoms with Crippen molar-refractivity contribution < 1.29 is 0 Å². The van der Waals surface area contributed by atoms with E-state index in [1.54, 1.807) is 11.8 Å². The van der Waals surface area contributed by atoms with Gasteiger partial charge in [-0.3, -0.25) is 4.99 Å². The first-order valence-corrected chi connectivity index (χ1v) is 7.17. The first-order valence-electron chi connectivity index (χ1n) is 5.24. The summed E-state index contributed by atoms with van der Waals surface area (Å²) >= 11 is 3.19. The van der Waals surface area contributed by atoms with Gasteiger partial charge in [-0.05, 0) is 12.3 Å². The molecular formula is C10H17N5S2. The lowest BCUT2D eigenvalue weighted by Crippen LogP contribution is -2.22. The van der Waals surface area contributed by atoms with Gasteiger partial charge in [-0.15, -0.1) is 23.1 Å². The molecule has 0 spiro atoms. The number of aliphatic imine (C=N–C) groups is 1. The summed E-state index contributed by atoms with van der Waals surface area (Å²) in [4.78, 5) is 8.43. The summed E-state index contributed by atoms with van der Waals surface area (Å²) in [6.07, 6.45) is 1.92. The van der Waals surface area contributed by atoms with Gasteiger partial charge in [-0.25, -0.2) is 4.98 Å². The van der Waals surface area contributed by atoms with E-state index in [9.17, 15) is 0 Å². The Bertz CT molecular complexity index is 386. The molecule has 5 nitrogen and oxygen atoms in total. The molecule has 1 aromatic heterocycles. The Morgan fingerprint density at radius 3 is 3.24 bits per heavy atom.